The van der Waals surface area contributed by atoms with Crippen molar-refractivity contribution in [2.75, 3.05) is 31.1 Å². The van der Waals surface area contributed by atoms with E-state index in [0.29, 0.717) is 12.0 Å². The van der Waals surface area contributed by atoms with E-state index in [9.17, 15) is 0 Å². The summed E-state index contributed by atoms with van der Waals surface area (Å²) in [5.74, 6) is 2.86. The molecule has 0 radical (unpaired) electrons. The molecule has 4 nitrogen and oxygen atoms in total. The van der Waals surface area contributed by atoms with Crippen molar-refractivity contribution >= 4 is 27.4 Å². The fourth-order valence-corrected chi connectivity index (χ4v) is 5.87. The monoisotopic (exact) mass is 390 g/mol. The number of rotatable bonds is 3. The van der Waals surface area contributed by atoms with E-state index in [4.69, 9.17) is 9.97 Å². The molecule has 0 bridgehead atoms. The van der Waals surface area contributed by atoms with Crippen molar-refractivity contribution in [3.63, 3.8) is 0 Å². The first-order valence-corrected chi connectivity index (χ1v) is 11.6. The third-order valence-electron chi connectivity index (χ3n) is 6.56. The van der Waals surface area contributed by atoms with Gasteiger partial charge in [-0.2, -0.15) is 0 Å². The Hall–Kier alpha value is -1.98. The second kappa shape index (κ2) is 6.82. The number of benzene rings is 1. The molecule has 2 saturated heterocycles. The van der Waals surface area contributed by atoms with E-state index in [-0.39, 0.29) is 0 Å². The summed E-state index contributed by atoms with van der Waals surface area (Å²) in [4.78, 5) is 16.7. The molecular weight excluding hydrogens is 364 g/mol. The van der Waals surface area contributed by atoms with Gasteiger partial charge < -0.3 is 4.90 Å². The summed E-state index contributed by atoms with van der Waals surface area (Å²) in [6.45, 7) is 4.73. The summed E-state index contributed by atoms with van der Waals surface area (Å²) in [5, 5.41) is 3.56. The average Bonchev–Trinajstić information content (AvgIpc) is 3.41. The molecule has 2 aromatic heterocycles. The summed E-state index contributed by atoms with van der Waals surface area (Å²) in [6, 6.07) is 11.4. The molecule has 0 N–H and O–H groups in total. The van der Waals surface area contributed by atoms with E-state index in [2.05, 4.69) is 45.5 Å². The SMILES string of the molecule is c1ccc(-c2csc3nc(C4CC4)nc(N4CCCN5CCCC5C4)c23)cc1. The molecule has 0 spiro atoms. The lowest BCUT2D eigenvalue weighted by atomic mass is 10.1. The predicted octanol–water partition coefficient (Wildman–Crippen LogP) is 4.91. The van der Waals surface area contributed by atoms with Crippen LogP contribution in [-0.2, 0) is 0 Å². The van der Waals surface area contributed by atoms with Crippen LogP contribution in [0.2, 0.25) is 0 Å². The first kappa shape index (κ1) is 16.9. The standard InChI is InChI=1S/C23H26N4S/c1-2-6-16(7-3-1)19-15-28-23-20(19)22(24-21(25-23)17-9-10-17)27-13-5-12-26-11-4-8-18(26)14-27/h1-3,6-7,15,17-18H,4-5,8-14H2. The second-order valence-electron chi connectivity index (χ2n) is 8.51. The number of hydrogen-bond acceptors (Lipinski definition) is 5. The van der Waals surface area contributed by atoms with Crippen LogP contribution in [-0.4, -0.2) is 47.1 Å². The van der Waals surface area contributed by atoms with Crippen LogP contribution in [0.15, 0.2) is 35.7 Å². The van der Waals surface area contributed by atoms with Crippen LogP contribution in [0.4, 0.5) is 5.82 Å². The van der Waals surface area contributed by atoms with E-state index in [1.54, 1.807) is 11.3 Å². The van der Waals surface area contributed by atoms with Crippen molar-refractivity contribution in [3.05, 3.63) is 41.5 Å². The molecule has 2 aliphatic heterocycles. The molecule has 1 unspecified atom stereocenters. The molecule has 6 rings (SSSR count). The summed E-state index contributed by atoms with van der Waals surface area (Å²) < 4.78 is 0. The molecule has 4 heterocycles. The Morgan fingerprint density at radius 1 is 0.929 bits per heavy atom. The zero-order valence-corrected chi connectivity index (χ0v) is 17.0. The van der Waals surface area contributed by atoms with Gasteiger partial charge in [-0.1, -0.05) is 30.3 Å². The Morgan fingerprint density at radius 2 is 1.79 bits per heavy atom. The van der Waals surface area contributed by atoms with Crippen molar-refractivity contribution in [2.24, 2.45) is 0 Å². The summed E-state index contributed by atoms with van der Waals surface area (Å²) >= 11 is 1.78. The molecule has 0 amide bonds. The normalized spacial score (nSPS) is 23.1. The third-order valence-corrected chi connectivity index (χ3v) is 7.43. The van der Waals surface area contributed by atoms with Crippen molar-refractivity contribution in [1.82, 2.24) is 14.9 Å². The Morgan fingerprint density at radius 3 is 2.64 bits per heavy atom. The maximum atomic E-state index is 5.20. The van der Waals surface area contributed by atoms with Crippen LogP contribution in [0.1, 0.15) is 43.8 Å². The minimum atomic E-state index is 0.584. The van der Waals surface area contributed by atoms with Gasteiger partial charge in [0.1, 0.15) is 16.5 Å². The first-order valence-electron chi connectivity index (χ1n) is 10.7. The molecular formula is C23H26N4S. The zero-order valence-electron chi connectivity index (χ0n) is 16.2. The molecule has 1 atom stereocenters. The Balaban J connectivity index is 1.50. The molecule has 3 fully saturated rings. The maximum absolute atomic E-state index is 5.20. The molecule has 1 aliphatic carbocycles. The van der Waals surface area contributed by atoms with Gasteiger partial charge in [-0.3, -0.25) is 4.90 Å². The minimum Gasteiger partial charge on any atom is -0.354 e. The highest BCUT2D eigenvalue weighted by molar-refractivity contribution is 7.17. The van der Waals surface area contributed by atoms with Gasteiger partial charge in [0.2, 0.25) is 0 Å². The van der Waals surface area contributed by atoms with Crippen molar-refractivity contribution < 1.29 is 0 Å². The number of fused-ring (bicyclic) bond motifs is 2. The highest BCUT2D eigenvalue weighted by atomic mass is 32.1. The van der Waals surface area contributed by atoms with Gasteiger partial charge in [-0.25, -0.2) is 9.97 Å². The Bertz CT molecular complexity index is 995. The summed E-state index contributed by atoms with van der Waals surface area (Å²) in [5.41, 5.74) is 2.57. The van der Waals surface area contributed by atoms with E-state index >= 15 is 0 Å². The minimum absolute atomic E-state index is 0.584. The Labute approximate surface area is 170 Å². The molecule has 28 heavy (non-hydrogen) atoms. The molecule has 1 saturated carbocycles. The molecule has 1 aromatic carbocycles. The van der Waals surface area contributed by atoms with Crippen LogP contribution >= 0.6 is 11.3 Å². The third kappa shape index (κ3) is 2.92. The van der Waals surface area contributed by atoms with Gasteiger partial charge in [-0.15, -0.1) is 11.3 Å². The van der Waals surface area contributed by atoms with E-state index in [0.717, 1.165) is 18.9 Å². The number of nitrogens with zero attached hydrogens (tertiary/aromatic N) is 4. The van der Waals surface area contributed by atoms with Crippen LogP contribution in [0, 0.1) is 0 Å². The molecule has 5 heteroatoms. The summed E-state index contributed by atoms with van der Waals surface area (Å²) in [6.07, 6.45) is 6.40. The molecule has 3 aromatic rings. The van der Waals surface area contributed by atoms with Gasteiger partial charge in [0.25, 0.3) is 0 Å². The number of hydrogen-bond donors (Lipinski definition) is 0. The van der Waals surface area contributed by atoms with Crippen LogP contribution < -0.4 is 4.90 Å². The van der Waals surface area contributed by atoms with E-state index in [1.165, 1.54) is 72.4 Å². The van der Waals surface area contributed by atoms with Gasteiger partial charge in [0.15, 0.2) is 0 Å². The summed E-state index contributed by atoms with van der Waals surface area (Å²) in [7, 11) is 0. The van der Waals surface area contributed by atoms with Gasteiger partial charge in [0, 0.05) is 42.5 Å². The zero-order chi connectivity index (χ0) is 18.5. The van der Waals surface area contributed by atoms with Gasteiger partial charge >= 0.3 is 0 Å². The first-order chi connectivity index (χ1) is 13.9. The predicted molar refractivity (Wildman–Crippen MR) is 116 cm³/mol. The smallest absolute Gasteiger partial charge is 0.141 e. The number of thiophene rings is 1. The van der Waals surface area contributed by atoms with Gasteiger partial charge in [-0.05, 0) is 44.2 Å². The van der Waals surface area contributed by atoms with Crippen LogP contribution in [0.3, 0.4) is 0 Å². The van der Waals surface area contributed by atoms with Crippen molar-refractivity contribution in [1.29, 1.82) is 0 Å². The average molecular weight is 391 g/mol. The fraction of sp³-hybridized carbons (Fsp3) is 0.478. The molecule has 3 aliphatic rings. The highest BCUT2D eigenvalue weighted by Gasteiger charge is 2.33. The fourth-order valence-electron chi connectivity index (χ4n) is 4.92. The lowest BCUT2D eigenvalue weighted by Crippen LogP contribution is -2.37. The number of aromatic nitrogens is 2. The highest BCUT2D eigenvalue weighted by Crippen LogP contribution is 2.44. The maximum Gasteiger partial charge on any atom is 0.141 e. The van der Waals surface area contributed by atoms with Crippen molar-refractivity contribution in [3.8, 4) is 11.1 Å². The number of anilines is 1. The quantitative estimate of drug-likeness (QED) is 0.636. The van der Waals surface area contributed by atoms with E-state index in [1.807, 2.05) is 0 Å². The molecule has 144 valence electrons. The van der Waals surface area contributed by atoms with Gasteiger partial charge in [0.05, 0.1) is 5.39 Å². The second-order valence-corrected chi connectivity index (χ2v) is 9.36. The van der Waals surface area contributed by atoms with Crippen LogP contribution in [0.5, 0.6) is 0 Å². The topological polar surface area (TPSA) is 32.3 Å². The lowest BCUT2D eigenvalue weighted by molar-refractivity contribution is 0.273. The van der Waals surface area contributed by atoms with E-state index < -0.39 is 0 Å². The van der Waals surface area contributed by atoms with Crippen molar-refractivity contribution in [2.45, 2.75) is 44.1 Å². The lowest BCUT2D eigenvalue weighted by Gasteiger charge is -2.27. The van der Waals surface area contributed by atoms with Crippen LogP contribution in [0.25, 0.3) is 21.3 Å². The Kier molecular flexibility index (Phi) is 4.12. The largest absolute Gasteiger partial charge is 0.354 e.